The van der Waals surface area contributed by atoms with Crippen LogP contribution in [-0.2, 0) is 31.1 Å². The monoisotopic (exact) mass is 370 g/mol. The zero-order valence-electron chi connectivity index (χ0n) is 18.2. The maximum absolute atomic E-state index is 2.45. The van der Waals surface area contributed by atoms with E-state index in [1.165, 1.54) is 38.9 Å². The molecule has 0 heteroatoms. The molecule has 0 N–H and O–H groups in total. The second kappa shape index (κ2) is 8.78. The van der Waals surface area contributed by atoms with Crippen LogP contribution < -0.4 is 0 Å². The van der Waals surface area contributed by atoms with Crippen LogP contribution in [0, 0.1) is 0 Å². The van der Waals surface area contributed by atoms with Crippen molar-refractivity contribution in [1.29, 1.82) is 0 Å². The molecule has 0 heterocycles. The Morgan fingerprint density at radius 3 is 1.39 bits per heavy atom. The Kier molecular flexibility index (Phi) is 6.39. The predicted molar refractivity (Wildman–Crippen MR) is 122 cm³/mol. The molecular weight excluding hydrogens is 336 g/mol. The van der Waals surface area contributed by atoms with Gasteiger partial charge in [0.05, 0.1) is 0 Å². The van der Waals surface area contributed by atoms with Crippen LogP contribution in [0.15, 0.2) is 66.7 Å². The van der Waals surface area contributed by atoms with Crippen molar-refractivity contribution >= 4 is 0 Å². The molecule has 0 aromatic heterocycles. The van der Waals surface area contributed by atoms with Crippen molar-refractivity contribution in [3.8, 4) is 0 Å². The molecule has 0 bridgehead atoms. The summed E-state index contributed by atoms with van der Waals surface area (Å²) in [5, 5.41) is 0. The SMILES string of the molecule is CCc1ccccc1C(C)(c1ccccc1CC)c1cccc(CC)c1CC. The molecule has 0 saturated heterocycles. The molecule has 3 rings (SSSR count). The van der Waals surface area contributed by atoms with Crippen molar-refractivity contribution in [1.82, 2.24) is 0 Å². The Morgan fingerprint density at radius 2 is 0.929 bits per heavy atom. The summed E-state index contributed by atoms with van der Waals surface area (Å²) in [6.45, 7) is 11.6. The third-order valence-corrected chi connectivity index (χ3v) is 6.42. The first kappa shape index (κ1) is 20.4. The van der Waals surface area contributed by atoms with Gasteiger partial charge in [0.15, 0.2) is 0 Å². The fraction of sp³-hybridized carbons (Fsp3) is 0.357. The Labute approximate surface area is 171 Å². The quantitative estimate of drug-likeness (QED) is 0.383. The maximum Gasteiger partial charge on any atom is 0.0431 e. The second-order valence-corrected chi connectivity index (χ2v) is 7.80. The third kappa shape index (κ3) is 3.41. The van der Waals surface area contributed by atoms with Crippen molar-refractivity contribution in [2.45, 2.75) is 65.7 Å². The first-order chi connectivity index (χ1) is 13.6. The Hall–Kier alpha value is -2.34. The molecule has 3 aromatic carbocycles. The third-order valence-electron chi connectivity index (χ3n) is 6.42. The number of hydrogen-bond donors (Lipinski definition) is 0. The number of aryl methyl sites for hydroxylation is 3. The van der Waals surface area contributed by atoms with Crippen molar-refractivity contribution in [2.75, 3.05) is 0 Å². The van der Waals surface area contributed by atoms with Gasteiger partial charge in [0.2, 0.25) is 0 Å². The van der Waals surface area contributed by atoms with E-state index in [1.54, 1.807) is 0 Å². The van der Waals surface area contributed by atoms with Gasteiger partial charge < -0.3 is 0 Å². The van der Waals surface area contributed by atoms with Crippen molar-refractivity contribution in [3.05, 3.63) is 106 Å². The standard InChI is InChI=1S/C28H34/c1-6-21-17-14-20-27(24(21)9-4)28(5,25-18-12-10-15-22(25)7-2)26-19-13-11-16-23(26)8-3/h10-20H,6-9H2,1-5H3. The molecular formula is C28H34. The van der Waals surface area contributed by atoms with Gasteiger partial charge in [-0.3, -0.25) is 0 Å². The highest BCUT2D eigenvalue weighted by molar-refractivity contribution is 5.57. The minimum absolute atomic E-state index is 0.157. The lowest BCUT2D eigenvalue weighted by Gasteiger charge is -2.37. The van der Waals surface area contributed by atoms with Crippen LogP contribution in [0.3, 0.4) is 0 Å². The molecule has 0 amide bonds. The number of benzene rings is 3. The van der Waals surface area contributed by atoms with Gasteiger partial charge in [0.1, 0.15) is 0 Å². The van der Waals surface area contributed by atoms with Crippen molar-refractivity contribution in [3.63, 3.8) is 0 Å². The molecule has 0 aliphatic rings. The Balaban J connectivity index is 2.43. The lowest BCUT2D eigenvalue weighted by Crippen LogP contribution is -2.30. The molecule has 0 spiro atoms. The first-order valence-corrected chi connectivity index (χ1v) is 10.9. The molecule has 0 atom stereocenters. The molecule has 28 heavy (non-hydrogen) atoms. The molecule has 0 aliphatic carbocycles. The summed E-state index contributed by atoms with van der Waals surface area (Å²) in [5.41, 5.74) is 10.1. The van der Waals surface area contributed by atoms with E-state index in [1.807, 2.05) is 0 Å². The highest BCUT2D eigenvalue weighted by Gasteiger charge is 2.36. The van der Waals surface area contributed by atoms with Crippen LogP contribution in [0.5, 0.6) is 0 Å². The van der Waals surface area contributed by atoms with E-state index in [-0.39, 0.29) is 5.41 Å². The minimum Gasteiger partial charge on any atom is -0.0620 e. The zero-order chi connectivity index (χ0) is 20.1. The van der Waals surface area contributed by atoms with E-state index in [4.69, 9.17) is 0 Å². The van der Waals surface area contributed by atoms with Gasteiger partial charge >= 0.3 is 0 Å². The van der Waals surface area contributed by atoms with Gasteiger partial charge in [0, 0.05) is 5.41 Å². The van der Waals surface area contributed by atoms with Crippen molar-refractivity contribution < 1.29 is 0 Å². The normalized spacial score (nSPS) is 11.6. The van der Waals surface area contributed by atoms with Gasteiger partial charge in [-0.15, -0.1) is 0 Å². The summed E-state index contributed by atoms with van der Waals surface area (Å²) < 4.78 is 0. The van der Waals surface area contributed by atoms with E-state index < -0.39 is 0 Å². The Morgan fingerprint density at radius 1 is 0.500 bits per heavy atom. The van der Waals surface area contributed by atoms with Crippen LogP contribution in [0.25, 0.3) is 0 Å². The largest absolute Gasteiger partial charge is 0.0620 e. The van der Waals surface area contributed by atoms with E-state index in [0.29, 0.717) is 0 Å². The summed E-state index contributed by atoms with van der Waals surface area (Å²) in [5.74, 6) is 0. The number of rotatable bonds is 7. The van der Waals surface area contributed by atoms with Crippen LogP contribution in [0.4, 0.5) is 0 Å². The summed E-state index contributed by atoms with van der Waals surface area (Å²) in [6, 6.07) is 25.0. The fourth-order valence-electron chi connectivity index (χ4n) is 4.92. The molecule has 146 valence electrons. The first-order valence-electron chi connectivity index (χ1n) is 10.9. The molecule has 3 aromatic rings. The Bertz CT molecular complexity index is 885. The van der Waals surface area contributed by atoms with Gasteiger partial charge in [-0.2, -0.15) is 0 Å². The van der Waals surface area contributed by atoms with Gasteiger partial charge in [-0.1, -0.05) is 94.4 Å². The highest BCUT2D eigenvalue weighted by atomic mass is 14.4. The highest BCUT2D eigenvalue weighted by Crippen LogP contribution is 2.44. The summed E-state index contributed by atoms with van der Waals surface area (Å²) in [4.78, 5) is 0. The van der Waals surface area contributed by atoms with E-state index >= 15 is 0 Å². The zero-order valence-corrected chi connectivity index (χ0v) is 18.2. The van der Waals surface area contributed by atoms with Crippen LogP contribution in [0.2, 0.25) is 0 Å². The van der Waals surface area contributed by atoms with Gasteiger partial charge in [-0.05, 0) is 71.6 Å². The van der Waals surface area contributed by atoms with Gasteiger partial charge in [-0.25, -0.2) is 0 Å². The van der Waals surface area contributed by atoms with Crippen molar-refractivity contribution in [2.24, 2.45) is 0 Å². The van der Waals surface area contributed by atoms with Gasteiger partial charge in [0.25, 0.3) is 0 Å². The molecule has 0 unspecified atom stereocenters. The average Bonchev–Trinajstić information content (AvgIpc) is 2.77. The minimum atomic E-state index is -0.157. The lowest BCUT2D eigenvalue weighted by atomic mass is 9.66. The summed E-state index contributed by atoms with van der Waals surface area (Å²) in [7, 11) is 0. The average molecular weight is 371 g/mol. The van der Waals surface area contributed by atoms with Crippen LogP contribution in [0.1, 0.15) is 73.6 Å². The fourth-order valence-corrected chi connectivity index (χ4v) is 4.92. The van der Waals surface area contributed by atoms with E-state index in [9.17, 15) is 0 Å². The predicted octanol–water partition coefficient (Wildman–Crippen LogP) is 7.29. The molecule has 0 radical (unpaired) electrons. The summed E-state index contributed by atoms with van der Waals surface area (Å²) in [6.07, 6.45) is 4.25. The second-order valence-electron chi connectivity index (χ2n) is 7.80. The summed E-state index contributed by atoms with van der Waals surface area (Å²) >= 11 is 0. The number of hydrogen-bond acceptors (Lipinski definition) is 0. The lowest BCUT2D eigenvalue weighted by molar-refractivity contribution is 0.661. The molecule has 0 aliphatic heterocycles. The topological polar surface area (TPSA) is 0 Å². The van der Waals surface area contributed by atoms with Crippen LogP contribution >= 0.6 is 0 Å². The molecule has 0 fully saturated rings. The molecule has 0 saturated carbocycles. The maximum atomic E-state index is 2.45. The van der Waals surface area contributed by atoms with E-state index in [2.05, 4.69) is 101 Å². The van der Waals surface area contributed by atoms with Crippen LogP contribution in [-0.4, -0.2) is 0 Å². The van der Waals surface area contributed by atoms with E-state index in [0.717, 1.165) is 25.7 Å². The smallest absolute Gasteiger partial charge is 0.0431 e. The molecule has 0 nitrogen and oxygen atoms in total.